The second-order valence-electron chi connectivity index (χ2n) is 4.41. The highest BCUT2D eigenvalue weighted by Gasteiger charge is 1.95. The summed E-state index contributed by atoms with van der Waals surface area (Å²) in [6.45, 7) is 0. The van der Waals surface area contributed by atoms with Crippen LogP contribution >= 0.6 is 0 Å². The predicted octanol–water partition coefficient (Wildman–Crippen LogP) is 4.21. The van der Waals surface area contributed by atoms with Gasteiger partial charge in [0.05, 0.1) is 11.4 Å². The normalized spacial score (nSPS) is 10.7. The first-order valence-electron chi connectivity index (χ1n) is 6.16. The molecule has 98 valence electrons. The van der Waals surface area contributed by atoms with Crippen LogP contribution in [-0.2, 0) is 0 Å². The van der Waals surface area contributed by atoms with Crippen LogP contribution in [0.4, 0.5) is 22.7 Å². The van der Waals surface area contributed by atoms with Crippen LogP contribution in [-0.4, -0.2) is 21.1 Å². The monoisotopic (exact) mass is 254 g/mol. The highest BCUT2D eigenvalue weighted by atomic mass is 15.1. The van der Waals surface area contributed by atoms with Crippen molar-refractivity contribution in [1.29, 1.82) is 0 Å². The average molecular weight is 254 g/mol. The van der Waals surface area contributed by atoms with Crippen molar-refractivity contribution in [2.75, 3.05) is 31.4 Å². The molecule has 0 saturated carbocycles. The minimum atomic E-state index is 0.843. The van der Waals surface area contributed by atoms with Gasteiger partial charge >= 0.3 is 0 Å². The van der Waals surface area contributed by atoms with Gasteiger partial charge in [-0.3, -0.25) is 0 Å². The third-order valence-corrected chi connectivity index (χ3v) is 2.80. The van der Waals surface area contributed by atoms with Gasteiger partial charge in [-0.2, -0.15) is 10.2 Å². The summed E-state index contributed by atoms with van der Waals surface area (Å²) in [5.41, 5.74) is 3.91. The Labute approximate surface area is 113 Å². The number of nitrogens with zero attached hydrogens (tertiary/aromatic N) is 3. The van der Waals surface area contributed by atoms with Crippen molar-refractivity contribution >= 4 is 22.7 Å². The standard InChI is InChI=1S/C15H18N4/c1-16-12-4-6-13(7-5-12)17-18-14-8-10-15(11-9-14)19(2)3/h4-11,16H,1-3H3. The zero-order chi connectivity index (χ0) is 13.7. The summed E-state index contributed by atoms with van der Waals surface area (Å²) in [6, 6.07) is 15.8. The lowest BCUT2D eigenvalue weighted by atomic mass is 10.3. The van der Waals surface area contributed by atoms with Crippen LogP contribution in [0.5, 0.6) is 0 Å². The molecule has 2 aromatic rings. The molecule has 0 saturated heterocycles. The summed E-state index contributed by atoms with van der Waals surface area (Å²) in [5, 5.41) is 11.5. The van der Waals surface area contributed by atoms with E-state index in [4.69, 9.17) is 0 Å². The highest BCUT2D eigenvalue weighted by Crippen LogP contribution is 2.22. The fourth-order valence-corrected chi connectivity index (χ4v) is 1.63. The molecule has 0 aromatic heterocycles. The lowest BCUT2D eigenvalue weighted by Gasteiger charge is -2.11. The Hall–Kier alpha value is -2.36. The van der Waals surface area contributed by atoms with Gasteiger partial charge < -0.3 is 10.2 Å². The number of anilines is 2. The molecule has 0 aliphatic carbocycles. The largest absolute Gasteiger partial charge is 0.388 e. The van der Waals surface area contributed by atoms with Crippen molar-refractivity contribution < 1.29 is 0 Å². The van der Waals surface area contributed by atoms with Crippen molar-refractivity contribution in [2.24, 2.45) is 10.2 Å². The first kappa shape index (κ1) is 13.1. The Morgan fingerprint density at radius 2 is 1.26 bits per heavy atom. The second-order valence-corrected chi connectivity index (χ2v) is 4.41. The summed E-state index contributed by atoms with van der Waals surface area (Å²) in [6.07, 6.45) is 0. The molecule has 4 nitrogen and oxygen atoms in total. The molecule has 2 rings (SSSR count). The fraction of sp³-hybridized carbons (Fsp3) is 0.200. The van der Waals surface area contributed by atoms with E-state index in [1.54, 1.807) is 0 Å². The first-order chi connectivity index (χ1) is 9.19. The van der Waals surface area contributed by atoms with Crippen molar-refractivity contribution in [1.82, 2.24) is 0 Å². The molecule has 2 aromatic carbocycles. The maximum Gasteiger partial charge on any atom is 0.0858 e. The summed E-state index contributed by atoms with van der Waals surface area (Å²) >= 11 is 0. The topological polar surface area (TPSA) is 40.0 Å². The smallest absolute Gasteiger partial charge is 0.0858 e. The van der Waals surface area contributed by atoms with E-state index in [0.29, 0.717) is 0 Å². The van der Waals surface area contributed by atoms with Gasteiger partial charge in [0, 0.05) is 32.5 Å². The van der Waals surface area contributed by atoms with E-state index in [-0.39, 0.29) is 0 Å². The Bertz CT molecular complexity index is 541. The SMILES string of the molecule is CNc1ccc(N=Nc2ccc(N(C)C)cc2)cc1. The number of nitrogens with one attached hydrogen (secondary N) is 1. The summed E-state index contributed by atoms with van der Waals surface area (Å²) in [7, 11) is 5.92. The molecule has 0 aliphatic rings. The van der Waals surface area contributed by atoms with Gasteiger partial charge in [-0.1, -0.05) is 0 Å². The number of rotatable bonds is 4. The zero-order valence-corrected chi connectivity index (χ0v) is 11.5. The maximum absolute atomic E-state index is 4.22. The molecule has 0 heterocycles. The molecule has 0 fully saturated rings. The molecule has 0 spiro atoms. The van der Waals surface area contributed by atoms with Crippen LogP contribution in [0.2, 0.25) is 0 Å². The highest BCUT2D eigenvalue weighted by molar-refractivity contribution is 5.53. The number of azo groups is 1. The van der Waals surface area contributed by atoms with Crippen LogP contribution in [0.15, 0.2) is 58.8 Å². The van der Waals surface area contributed by atoms with Gasteiger partial charge in [0.15, 0.2) is 0 Å². The Balaban J connectivity index is 2.08. The van der Waals surface area contributed by atoms with Crippen LogP contribution in [0.25, 0.3) is 0 Å². The third kappa shape index (κ3) is 3.55. The van der Waals surface area contributed by atoms with Gasteiger partial charge in [-0.15, -0.1) is 0 Å². The molecule has 4 heteroatoms. The second kappa shape index (κ2) is 6.00. The average Bonchev–Trinajstić information content (AvgIpc) is 2.46. The Morgan fingerprint density at radius 3 is 1.68 bits per heavy atom. The lowest BCUT2D eigenvalue weighted by molar-refractivity contribution is 1.13. The van der Waals surface area contributed by atoms with Crippen LogP contribution in [0.1, 0.15) is 0 Å². The fourth-order valence-electron chi connectivity index (χ4n) is 1.63. The van der Waals surface area contributed by atoms with Gasteiger partial charge in [-0.25, -0.2) is 0 Å². The van der Waals surface area contributed by atoms with Gasteiger partial charge in [0.25, 0.3) is 0 Å². The zero-order valence-electron chi connectivity index (χ0n) is 11.5. The molecule has 0 amide bonds. The van der Waals surface area contributed by atoms with Crippen LogP contribution < -0.4 is 10.2 Å². The van der Waals surface area contributed by atoms with Gasteiger partial charge in [0.2, 0.25) is 0 Å². The molecule has 19 heavy (non-hydrogen) atoms. The van der Waals surface area contributed by atoms with E-state index >= 15 is 0 Å². The number of benzene rings is 2. The molecule has 1 N–H and O–H groups in total. The Morgan fingerprint density at radius 1 is 0.789 bits per heavy atom. The predicted molar refractivity (Wildman–Crippen MR) is 80.9 cm³/mol. The Kier molecular flexibility index (Phi) is 4.13. The van der Waals surface area contributed by atoms with Crippen molar-refractivity contribution in [3.63, 3.8) is 0 Å². The van der Waals surface area contributed by atoms with E-state index in [1.165, 1.54) is 0 Å². The summed E-state index contributed by atoms with van der Waals surface area (Å²) in [5.74, 6) is 0. The summed E-state index contributed by atoms with van der Waals surface area (Å²) < 4.78 is 0. The van der Waals surface area contributed by atoms with E-state index in [9.17, 15) is 0 Å². The van der Waals surface area contributed by atoms with Crippen molar-refractivity contribution in [2.45, 2.75) is 0 Å². The van der Waals surface area contributed by atoms with E-state index < -0.39 is 0 Å². The van der Waals surface area contributed by atoms with Crippen molar-refractivity contribution in [3.8, 4) is 0 Å². The first-order valence-corrected chi connectivity index (χ1v) is 6.16. The number of hydrogen-bond donors (Lipinski definition) is 1. The molecule has 0 radical (unpaired) electrons. The van der Waals surface area contributed by atoms with Gasteiger partial charge in [0.1, 0.15) is 0 Å². The maximum atomic E-state index is 4.22. The van der Waals surface area contributed by atoms with E-state index in [1.807, 2.05) is 69.7 Å². The van der Waals surface area contributed by atoms with E-state index in [0.717, 1.165) is 22.7 Å². The minimum Gasteiger partial charge on any atom is -0.388 e. The molecule has 0 aliphatic heterocycles. The minimum absolute atomic E-state index is 0.843. The molecule has 0 bridgehead atoms. The van der Waals surface area contributed by atoms with E-state index in [2.05, 4.69) is 20.4 Å². The number of hydrogen-bond acceptors (Lipinski definition) is 4. The molecule has 0 atom stereocenters. The third-order valence-electron chi connectivity index (χ3n) is 2.80. The molecular weight excluding hydrogens is 236 g/mol. The summed E-state index contributed by atoms with van der Waals surface area (Å²) in [4.78, 5) is 2.05. The molecule has 0 unspecified atom stereocenters. The van der Waals surface area contributed by atoms with Crippen LogP contribution in [0, 0.1) is 0 Å². The van der Waals surface area contributed by atoms with Crippen molar-refractivity contribution in [3.05, 3.63) is 48.5 Å². The quantitative estimate of drug-likeness (QED) is 0.830. The van der Waals surface area contributed by atoms with Crippen LogP contribution in [0.3, 0.4) is 0 Å². The molecular formula is C15H18N4. The lowest BCUT2D eigenvalue weighted by Crippen LogP contribution is -2.07. The van der Waals surface area contributed by atoms with Gasteiger partial charge in [-0.05, 0) is 48.5 Å².